The van der Waals surface area contributed by atoms with Crippen molar-refractivity contribution < 1.29 is 10.0 Å². The number of hydrogen-bond donors (Lipinski definition) is 2. The first-order chi connectivity index (χ1) is 8.99. The Bertz CT molecular complexity index is 484. The second kappa shape index (κ2) is 6.78. The quantitative estimate of drug-likeness (QED) is 0.368. The Morgan fingerprint density at radius 3 is 2.68 bits per heavy atom. The maximum absolute atomic E-state index is 12.4. The topological polar surface area (TPSA) is 78.9 Å². The Labute approximate surface area is 113 Å². The maximum Gasteiger partial charge on any atom is 0.254 e. The van der Waals surface area contributed by atoms with Crippen LogP contribution in [0.25, 0.3) is 0 Å². The molecule has 0 fully saturated rings. The van der Waals surface area contributed by atoms with E-state index < -0.39 is 0 Å². The number of hydrogen-bond acceptors (Lipinski definition) is 3. The molecule has 19 heavy (non-hydrogen) atoms. The van der Waals surface area contributed by atoms with Crippen molar-refractivity contribution in [3.05, 3.63) is 34.9 Å². The summed E-state index contributed by atoms with van der Waals surface area (Å²) in [5.74, 6) is 0.113. The van der Waals surface area contributed by atoms with Crippen LogP contribution in [0.5, 0.6) is 0 Å². The van der Waals surface area contributed by atoms with E-state index in [9.17, 15) is 4.79 Å². The van der Waals surface area contributed by atoms with Crippen LogP contribution in [0.3, 0.4) is 0 Å². The van der Waals surface area contributed by atoms with Crippen LogP contribution in [0.15, 0.2) is 23.4 Å². The van der Waals surface area contributed by atoms with Crippen LogP contribution in [0, 0.1) is 13.8 Å². The molecule has 0 unspecified atom stereocenters. The normalized spacial score (nSPS) is 11.4. The molecule has 0 saturated heterocycles. The number of amides is 1. The van der Waals surface area contributed by atoms with E-state index in [1.807, 2.05) is 39.0 Å². The Morgan fingerprint density at radius 2 is 2.11 bits per heavy atom. The van der Waals surface area contributed by atoms with Crippen LogP contribution < -0.4 is 5.73 Å². The van der Waals surface area contributed by atoms with E-state index in [1.54, 1.807) is 4.90 Å². The lowest BCUT2D eigenvalue weighted by atomic mass is 10.0. The zero-order valence-electron chi connectivity index (χ0n) is 11.7. The van der Waals surface area contributed by atoms with Gasteiger partial charge in [0.1, 0.15) is 5.84 Å². The molecular formula is C14H21N3O2. The van der Waals surface area contributed by atoms with Crippen molar-refractivity contribution in [1.29, 1.82) is 0 Å². The Kier molecular flexibility index (Phi) is 5.36. The average Bonchev–Trinajstić information content (AvgIpc) is 2.41. The summed E-state index contributed by atoms with van der Waals surface area (Å²) in [4.78, 5) is 14.1. The Hall–Kier alpha value is -2.04. The highest BCUT2D eigenvalue weighted by Gasteiger charge is 2.16. The van der Waals surface area contributed by atoms with Gasteiger partial charge in [0.15, 0.2) is 0 Å². The molecular weight excluding hydrogens is 242 g/mol. The molecule has 104 valence electrons. The van der Waals surface area contributed by atoms with Crippen molar-refractivity contribution in [3.63, 3.8) is 0 Å². The highest BCUT2D eigenvalue weighted by atomic mass is 16.4. The molecule has 0 saturated carbocycles. The highest BCUT2D eigenvalue weighted by Crippen LogP contribution is 2.13. The predicted octanol–water partition coefficient (Wildman–Crippen LogP) is 1.90. The van der Waals surface area contributed by atoms with Gasteiger partial charge in [0.2, 0.25) is 0 Å². The zero-order valence-corrected chi connectivity index (χ0v) is 11.7. The van der Waals surface area contributed by atoms with Gasteiger partial charge in [0.25, 0.3) is 5.91 Å². The highest BCUT2D eigenvalue weighted by molar-refractivity contribution is 5.96. The van der Waals surface area contributed by atoms with E-state index >= 15 is 0 Å². The van der Waals surface area contributed by atoms with E-state index in [1.165, 1.54) is 0 Å². The van der Waals surface area contributed by atoms with Crippen molar-refractivity contribution >= 4 is 11.7 Å². The van der Waals surface area contributed by atoms with Gasteiger partial charge in [-0.3, -0.25) is 4.79 Å². The number of nitrogens with two attached hydrogens (primary N) is 1. The fourth-order valence-electron chi connectivity index (χ4n) is 1.84. The number of carbonyl (C=O) groups is 1. The minimum Gasteiger partial charge on any atom is -0.409 e. The van der Waals surface area contributed by atoms with Crippen molar-refractivity contribution in [1.82, 2.24) is 4.90 Å². The molecule has 1 aromatic carbocycles. The van der Waals surface area contributed by atoms with Crippen LogP contribution >= 0.6 is 0 Å². The van der Waals surface area contributed by atoms with Crippen molar-refractivity contribution in [2.75, 3.05) is 13.1 Å². The molecule has 1 amide bonds. The molecule has 3 N–H and O–H groups in total. The number of nitrogens with zero attached hydrogens (tertiary/aromatic N) is 2. The van der Waals surface area contributed by atoms with Gasteiger partial charge in [-0.05, 0) is 32.4 Å². The van der Waals surface area contributed by atoms with Crippen LogP contribution in [0.2, 0.25) is 0 Å². The fraction of sp³-hybridized carbons (Fsp3) is 0.429. The van der Waals surface area contributed by atoms with Gasteiger partial charge in [-0.15, -0.1) is 0 Å². The smallest absolute Gasteiger partial charge is 0.254 e. The molecule has 0 spiro atoms. The van der Waals surface area contributed by atoms with Gasteiger partial charge in [0, 0.05) is 25.1 Å². The standard InChI is InChI=1S/C14H21N3O2/c1-4-17(8-7-13(15)16-19)14(18)12-9-10(2)5-6-11(12)3/h5-6,9,19H,4,7-8H2,1-3H3,(H2,15,16). The monoisotopic (exact) mass is 263 g/mol. The van der Waals surface area contributed by atoms with E-state index in [0.29, 0.717) is 25.1 Å². The summed E-state index contributed by atoms with van der Waals surface area (Å²) >= 11 is 0. The van der Waals surface area contributed by atoms with Crippen LogP contribution in [0.1, 0.15) is 34.8 Å². The molecule has 0 heterocycles. The number of oxime groups is 1. The maximum atomic E-state index is 12.4. The predicted molar refractivity (Wildman–Crippen MR) is 75.5 cm³/mol. The first-order valence-electron chi connectivity index (χ1n) is 6.32. The summed E-state index contributed by atoms with van der Waals surface area (Å²) < 4.78 is 0. The summed E-state index contributed by atoms with van der Waals surface area (Å²) in [6.45, 7) is 6.83. The summed E-state index contributed by atoms with van der Waals surface area (Å²) in [5.41, 5.74) is 8.15. The second-order valence-electron chi connectivity index (χ2n) is 4.54. The molecule has 0 aliphatic heterocycles. The van der Waals surface area contributed by atoms with Crippen molar-refractivity contribution in [2.45, 2.75) is 27.2 Å². The number of rotatable bonds is 5. The first kappa shape index (κ1) is 15.0. The lowest BCUT2D eigenvalue weighted by molar-refractivity contribution is 0.0767. The summed E-state index contributed by atoms with van der Waals surface area (Å²) in [6, 6.07) is 5.82. The van der Waals surface area contributed by atoms with Gasteiger partial charge in [-0.1, -0.05) is 22.9 Å². The van der Waals surface area contributed by atoms with E-state index in [-0.39, 0.29) is 11.7 Å². The molecule has 0 aliphatic rings. The lowest BCUT2D eigenvalue weighted by Gasteiger charge is -2.21. The molecule has 0 aromatic heterocycles. The molecule has 1 rings (SSSR count). The molecule has 0 bridgehead atoms. The van der Waals surface area contributed by atoms with Crippen LogP contribution in [-0.4, -0.2) is 34.9 Å². The first-order valence-corrected chi connectivity index (χ1v) is 6.32. The summed E-state index contributed by atoms with van der Waals surface area (Å²) in [6.07, 6.45) is 0.362. The third-order valence-electron chi connectivity index (χ3n) is 3.06. The van der Waals surface area contributed by atoms with Gasteiger partial charge in [-0.25, -0.2) is 0 Å². The molecule has 5 heteroatoms. The Morgan fingerprint density at radius 1 is 1.42 bits per heavy atom. The minimum atomic E-state index is -0.0190. The third kappa shape index (κ3) is 3.98. The van der Waals surface area contributed by atoms with E-state index in [4.69, 9.17) is 10.9 Å². The van der Waals surface area contributed by atoms with Crippen LogP contribution in [-0.2, 0) is 0 Å². The fourth-order valence-corrected chi connectivity index (χ4v) is 1.84. The lowest BCUT2D eigenvalue weighted by Crippen LogP contribution is -2.34. The van der Waals surface area contributed by atoms with Crippen molar-refractivity contribution in [3.8, 4) is 0 Å². The second-order valence-corrected chi connectivity index (χ2v) is 4.54. The summed E-state index contributed by atoms with van der Waals surface area (Å²) in [5, 5.41) is 11.4. The average molecular weight is 263 g/mol. The summed E-state index contributed by atoms with van der Waals surface area (Å²) in [7, 11) is 0. The molecule has 1 aromatic rings. The molecule has 0 atom stereocenters. The number of carbonyl (C=O) groups excluding carboxylic acids is 1. The Balaban J connectivity index is 2.86. The van der Waals surface area contributed by atoms with Gasteiger partial charge in [-0.2, -0.15) is 0 Å². The molecule has 5 nitrogen and oxygen atoms in total. The van der Waals surface area contributed by atoms with E-state index in [2.05, 4.69) is 5.16 Å². The number of benzene rings is 1. The third-order valence-corrected chi connectivity index (χ3v) is 3.06. The van der Waals surface area contributed by atoms with E-state index in [0.717, 1.165) is 11.1 Å². The number of amidine groups is 1. The van der Waals surface area contributed by atoms with Crippen molar-refractivity contribution in [2.24, 2.45) is 10.9 Å². The van der Waals surface area contributed by atoms with Crippen LogP contribution in [0.4, 0.5) is 0 Å². The SMILES string of the molecule is CCN(CCC(N)=NO)C(=O)c1cc(C)ccc1C. The largest absolute Gasteiger partial charge is 0.409 e. The zero-order chi connectivity index (χ0) is 14.4. The number of aryl methyl sites for hydroxylation is 2. The molecule has 0 radical (unpaired) electrons. The van der Waals surface area contributed by atoms with Gasteiger partial charge < -0.3 is 15.8 Å². The van der Waals surface area contributed by atoms with Gasteiger partial charge >= 0.3 is 0 Å². The minimum absolute atomic E-state index is 0.0190. The molecule has 0 aliphatic carbocycles. The van der Waals surface area contributed by atoms with Gasteiger partial charge in [0.05, 0.1) is 0 Å².